The van der Waals surface area contributed by atoms with E-state index in [0.717, 1.165) is 29.5 Å². The first kappa shape index (κ1) is 25.0. The lowest BCUT2D eigenvalue weighted by Crippen LogP contribution is -2.45. The lowest BCUT2D eigenvalue weighted by molar-refractivity contribution is -0.138. The Balaban J connectivity index is 1.24. The quantitative estimate of drug-likeness (QED) is 0.519. The molecule has 2 saturated heterocycles. The number of alkyl halides is 3. The molecule has 1 spiro atoms. The van der Waals surface area contributed by atoms with Crippen LogP contribution in [0.1, 0.15) is 40.9 Å². The van der Waals surface area contributed by atoms with Crippen molar-refractivity contribution in [3.8, 4) is 11.1 Å². The number of aromatic nitrogens is 2. The maximum Gasteiger partial charge on any atom is 0.416 e. The average molecular weight is 513 g/mol. The van der Waals surface area contributed by atoms with Crippen molar-refractivity contribution in [2.75, 3.05) is 26.2 Å². The Hall–Kier alpha value is -3.66. The third-order valence-corrected chi connectivity index (χ3v) is 7.53. The Morgan fingerprint density at radius 1 is 0.946 bits per heavy atom. The summed E-state index contributed by atoms with van der Waals surface area (Å²) in [6.07, 6.45) is -0.767. The summed E-state index contributed by atoms with van der Waals surface area (Å²) < 4.78 is 43.0. The van der Waals surface area contributed by atoms with Crippen LogP contribution in [-0.4, -0.2) is 62.9 Å². The van der Waals surface area contributed by atoms with Gasteiger partial charge in [-0.2, -0.15) is 23.0 Å². The maximum atomic E-state index is 14.0. The molecule has 2 aromatic carbocycles. The van der Waals surface area contributed by atoms with E-state index in [1.807, 2.05) is 6.07 Å². The highest BCUT2D eigenvalue weighted by atomic mass is 19.4. The van der Waals surface area contributed by atoms with Crippen LogP contribution < -0.4 is 0 Å². The van der Waals surface area contributed by atoms with Crippen molar-refractivity contribution < 1.29 is 27.9 Å². The zero-order valence-corrected chi connectivity index (χ0v) is 20.1. The van der Waals surface area contributed by atoms with Gasteiger partial charge in [0, 0.05) is 32.4 Å². The van der Waals surface area contributed by atoms with Crippen LogP contribution in [0, 0.1) is 5.41 Å². The molecule has 37 heavy (non-hydrogen) atoms. The first-order valence-electron chi connectivity index (χ1n) is 12.2. The number of carboxylic acid groups (broad SMARTS) is 1. The summed E-state index contributed by atoms with van der Waals surface area (Å²) in [5.74, 6) is -1.20. The summed E-state index contributed by atoms with van der Waals surface area (Å²) in [5.41, 5.74) is 0.716. The molecule has 10 heteroatoms. The second-order valence-corrected chi connectivity index (χ2v) is 9.92. The average Bonchev–Trinajstić information content (AvgIpc) is 3.52. The fraction of sp³-hybridized carbons (Fsp3) is 0.370. The Morgan fingerprint density at radius 3 is 2.30 bits per heavy atom. The monoisotopic (exact) mass is 512 g/mol. The van der Waals surface area contributed by atoms with Crippen molar-refractivity contribution in [3.63, 3.8) is 0 Å². The third kappa shape index (κ3) is 5.24. The van der Waals surface area contributed by atoms with Crippen LogP contribution in [0.25, 0.3) is 11.1 Å². The van der Waals surface area contributed by atoms with E-state index in [1.54, 1.807) is 41.3 Å². The number of nitrogens with zero attached hydrogens (tertiary/aromatic N) is 4. The van der Waals surface area contributed by atoms with E-state index < -0.39 is 17.7 Å². The first-order chi connectivity index (χ1) is 17.6. The highest BCUT2D eigenvalue weighted by Gasteiger charge is 2.42. The molecule has 0 bridgehead atoms. The highest BCUT2D eigenvalue weighted by molar-refractivity contribution is 5.86. The van der Waals surface area contributed by atoms with Crippen molar-refractivity contribution in [1.29, 1.82) is 0 Å². The van der Waals surface area contributed by atoms with Gasteiger partial charge >= 0.3 is 18.2 Å². The van der Waals surface area contributed by atoms with Crippen LogP contribution >= 0.6 is 0 Å². The van der Waals surface area contributed by atoms with Gasteiger partial charge in [-0.05, 0) is 60.0 Å². The summed E-state index contributed by atoms with van der Waals surface area (Å²) in [5, 5.41) is 12.8. The van der Waals surface area contributed by atoms with Crippen LogP contribution in [0.15, 0.2) is 60.8 Å². The van der Waals surface area contributed by atoms with Gasteiger partial charge < -0.3 is 10.0 Å². The second kappa shape index (κ2) is 9.66. The van der Waals surface area contributed by atoms with Crippen LogP contribution in [0.5, 0.6) is 0 Å². The number of hydrogen-bond donors (Lipinski definition) is 1. The van der Waals surface area contributed by atoms with Gasteiger partial charge in [0.2, 0.25) is 0 Å². The predicted molar refractivity (Wildman–Crippen MR) is 130 cm³/mol. The van der Waals surface area contributed by atoms with Gasteiger partial charge in [-0.1, -0.05) is 42.5 Å². The summed E-state index contributed by atoms with van der Waals surface area (Å²) in [7, 11) is 0. The number of halogens is 3. The van der Waals surface area contributed by atoms with E-state index in [-0.39, 0.29) is 29.2 Å². The zero-order valence-electron chi connectivity index (χ0n) is 20.1. The number of hydrogen-bond acceptors (Lipinski definition) is 4. The fourth-order valence-electron chi connectivity index (χ4n) is 5.46. The van der Waals surface area contributed by atoms with E-state index in [2.05, 4.69) is 10.00 Å². The number of likely N-dealkylation sites (tertiary alicyclic amines) is 2. The molecule has 2 aliphatic rings. The van der Waals surface area contributed by atoms with Gasteiger partial charge in [0.15, 0.2) is 5.69 Å². The molecule has 2 aliphatic heterocycles. The molecular weight excluding hydrogens is 485 g/mol. The number of carboxylic acids is 1. The van der Waals surface area contributed by atoms with E-state index in [0.29, 0.717) is 31.7 Å². The minimum Gasteiger partial charge on any atom is -0.476 e. The molecule has 194 valence electrons. The van der Waals surface area contributed by atoms with Crippen molar-refractivity contribution in [3.05, 3.63) is 77.6 Å². The first-order valence-corrected chi connectivity index (χ1v) is 12.2. The molecule has 0 aliphatic carbocycles. The number of carbonyl (C=O) groups is 2. The molecule has 1 N–H and O–H groups in total. The highest BCUT2D eigenvalue weighted by Crippen LogP contribution is 2.42. The van der Waals surface area contributed by atoms with Gasteiger partial charge in [-0.25, -0.2) is 9.59 Å². The van der Waals surface area contributed by atoms with Crippen molar-refractivity contribution in [2.45, 2.75) is 32.0 Å². The molecule has 3 heterocycles. The SMILES string of the molecule is O=C(O)c1ccn(C(=O)N2CCC3(CCN(Cc4ccc(-c5ccccc5)cc4C(F)(F)F)C3)CC2)n1. The lowest BCUT2D eigenvalue weighted by Gasteiger charge is -2.39. The number of benzene rings is 2. The minimum absolute atomic E-state index is 0.0461. The summed E-state index contributed by atoms with van der Waals surface area (Å²) >= 11 is 0. The van der Waals surface area contributed by atoms with Crippen LogP contribution in [0.3, 0.4) is 0 Å². The molecule has 0 radical (unpaired) electrons. The summed E-state index contributed by atoms with van der Waals surface area (Å²) in [4.78, 5) is 27.5. The minimum atomic E-state index is -4.45. The molecule has 0 saturated carbocycles. The van der Waals surface area contributed by atoms with Gasteiger partial charge in [-0.15, -0.1) is 0 Å². The molecule has 3 aromatic rings. The van der Waals surface area contributed by atoms with Crippen LogP contribution in [0.4, 0.5) is 18.0 Å². The molecule has 5 rings (SSSR count). The molecular formula is C27H27F3N4O3. The van der Waals surface area contributed by atoms with E-state index in [1.165, 1.54) is 18.3 Å². The van der Waals surface area contributed by atoms with E-state index >= 15 is 0 Å². The fourth-order valence-corrected chi connectivity index (χ4v) is 5.46. The zero-order chi connectivity index (χ0) is 26.2. The van der Waals surface area contributed by atoms with Crippen molar-refractivity contribution >= 4 is 12.0 Å². The second-order valence-electron chi connectivity index (χ2n) is 9.92. The molecule has 1 aromatic heterocycles. The summed E-state index contributed by atoms with van der Waals surface area (Å²) in [6.45, 7) is 2.59. The molecule has 0 atom stereocenters. The Kier molecular flexibility index (Phi) is 6.53. The molecule has 0 unspecified atom stereocenters. The Labute approximate surface area is 212 Å². The van der Waals surface area contributed by atoms with Gasteiger partial charge in [0.05, 0.1) is 5.56 Å². The Bertz CT molecular complexity index is 1300. The number of amides is 1. The van der Waals surface area contributed by atoms with Gasteiger partial charge in [-0.3, -0.25) is 4.90 Å². The van der Waals surface area contributed by atoms with E-state index in [9.17, 15) is 22.8 Å². The summed E-state index contributed by atoms with van der Waals surface area (Å²) in [6, 6.07) is 14.5. The van der Waals surface area contributed by atoms with Crippen molar-refractivity contribution in [1.82, 2.24) is 19.6 Å². The molecule has 2 fully saturated rings. The smallest absolute Gasteiger partial charge is 0.416 e. The number of carbonyl (C=O) groups excluding carboxylic acids is 1. The largest absolute Gasteiger partial charge is 0.476 e. The van der Waals surface area contributed by atoms with Crippen LogP contribution in [0.2, 0.25) is 0 Å². The van der Waals surface area contributed by atoms with E-state index in [4.69, 9.17) is 5.11 Å². The number of piperidine rings is 1. The van der Waals surface area contributed by atoms with Gasteiger partial charge in [0.25, 0.3) is 0 Å². The molecule has 7 nitrogen and oxygen atoms in total. The number of aromatic carboxylic acids is 1. The van der Waals surface area contributed by atoms with Crippen molar-refractivity contribution in [2.24, 2.45) is 5.41 Å². The molecule has 1 amide bonds. The van der Waals surface area contributed by atoms with Crippen LogP contribution in [-0.2, 0) is 12.7 Å². The maximum absolute atomic E-state index is 14.0. The normalized spacial score (nSPS) is 17.9. The topological polar surface area (TPSA) is 78.7 Å². The number of rotatable bonds is 4. The standard InChI is InChI=1S/C27H27F3N4O3/c28-27(29,30)22-16-20(19-4-2-1-3-5-19)6-7-21(22)17-32-13-9-26(18-32)10-14-33(15-11-26)25(37)34-12-8-23(31-34)24(35)36/h1-8,12,16H,9-11,13-15,17-18H2,(H,35,36). The van der Waals surface area contributed by atoms with Gasteiger partial charge in [0.1, 0.15) is 0 Å². The third-order valence-electron chi connectivity index (χ3n) is 7.53. The predicted octanol–water partition coefficient (Wildman–Crippen LogP) is 5.22. The Morgan fingerprint density at radius 2 is 1.65 bits per heavy atom. The lowest BCUT2D eigenvalue weighted by atomic mass is 9.78.